The van der Waals surface area contributed by atoms with Crippen LogP contribution >= 0.6 is 0 Å². The van der Waals surface area contributed by atoms with E-state index < -0.39 is 0 Å². The molecule has 2 heterocycles. The summed E-state index contributed by atoms with van der Waals surface area (Å²) in [6.07, 6.45) is 3.25. The van der Waals surface area contributed by atoms with Crippen molar-refractivity contribution < 1.29 is 9.15 Å². The molecule has 0 atom stereocenters. The Morgan fingerprint density at radius 1 is 1.42 bits per heavy atom. The summed E-state index contributed by atoms with van der Waals surface area (Å²) in [7, 11) is 0. The Balaban J connectivity index is 2.37. The average molecular weight is 257 g/mol. The van der Waals surface area contributed by atoms with Crippen LogP contribution in [0.1, 0.15) is 11.5 Å². The minimum absolute atomic E-state index is 0.0668. The minimum Gasteiger partial charge on any atom is -0.473 e. The van der Waals surface area contributed by atoms with Gasteiger partial charge in [-0.05, 0) is 19.9 Å². The Hall–Kier alpha value is -2.36. The Morgan fingerprint density at radius 3 is 2.79 bits per heavy atom. The molecule has 4 nitrogen and oxygen atoms in total. The van der Waals surface area contributed by atoms with Crippen LogP contribution in [0.2, 0.25) is 0 Å². The largest absolute Gasteiger partial charge is 0.473 e. The van der Waals surface area contributed by atoms with Crippen molar-refractivity contribution in [2.24, 2.45) is 0 Å². The molecule has 0 aliphatic carbocycles. The van der Waals surface area contributed by atoms with Gasteiger partial charge in [0.05, 0.1) is 5.56 Å². The van der Waals surface area contributed by atoms with Crippen molar-refractivity contribution in [2.45, 2.75) is 13.8 Å². The summed E-state index contributed by atoms with van der Waals surface area (Å²) in [5.74, 6) is 1.69. The highest BCUT2D eigenvalue weighted by molar-refractivity contribution is 5.64. The van der Waals surface area contributed by atoms with Crippen LogP contribution in [0.15, 0.2) is 46.3 Å². The summed E-state index contributed by atoms with van der Waals surface area (Å²) < 4.78 is 10.8. The van der Waals surface area contributed by atoms with Gasteiger partial charge in [-0.3, -0.25) is 4.79 Å². The van der Waals surface area contributed by atoms with Gasteiger partial charge in [-0.1, -0.05) is 12.7 Å². The summed E-state index contributed by atoms with van der Waals surface area (Å²) in [4.78, 5) is 16.1. The fourth-order valence-corrected chi connectivity index (χ4v) is 1.86. The van der Waals surface area contributed by atoms with Crippen LogP contribution in [0.3, 0.4) is 0 Å². The van der Waals surface area contributed by atoms with Gasteiger partial charge in [0.2, 0.25) is 5.88 Å². The van der Waals surface area contributed by atoms with Gasteiger partial charge in [0.15, 0.2) is 5.43 Å². The van der Waals surface area contributed by atoms with Gasteiger partial charge in [0.25, 0.3) is 0 Å². The summed E-state index contributed by atoms with van der Waals surface area (Å²) in [6.45, 7) is 7.49. The molecule has 0 N–H and O–H groups in total. The lowest BCUT2D eigenvalue weighted by molar-refractivity contribution is 0.349. The molecule has 0 aliphatic rings. The van der Waals surface area contributed by atoms with E-state index in [1.807, 2.05) is 0 Å². The van der Waals surface area contributed by atoms with Crippen molar-refractivity contribution in [3.63, 3.8) is 0 Å². The van der Waals surface area contributed by atoms with Gasteiger partial charge in [-0.25, -0.2) is 4.98 Å². The molecule has 0 fully saturated rings. The number of hydrogen-bond acceptors (Lipinski definition) is 4. The highest BCUT2D eigenvalue weighted by Crippen LogP contribution is 2.21. The smallest absolute Gasteiger partial charge is 0.213 e. The summed E-state index contributed by atoms with van der Waals surface area (Å²) in [6, 6.07) is 4.99. The van der Waals surface area contributed by atoms with Crippen molar-refractivity contribution in [3.05, 3.63) is 58.8 Å². The second-order valence-corrected chi connectivity index (χ2v) is 4.14. The van der Waals surface area contributed by atoms with Crippen molar-refractivity contribution >= 4 is 0 Å². The van der Waals surface area contributed by atoms with E-state index in [-0.39, 0.29) is 5.43 Å². The van der Waals surface area contributed by atoms with Crippen LogP contribution in [0.25, 0.3) is 11.1 Å². The lowest BCUT2D eigenvalue weighted by atomic mass is 10.1. The maximum Gasteiger partial charge on any atom is 0.213 e. The van der Waals surface area contributed by atoms with Crippen LogP contribution in [0.4, 0.5) is 0 Å². The van der Waals surface area contributed by atoms with E-state index in [2.05, 4.69) is 11.6 Å². The van der Waals surface area contributed by atoms with Gasteiger partial charge in [0.1, 0.15) is 18.1 Å². The fraction of sp³-hybridized carbons (Fsp3) is 0.200. The molecule has 4 heteroatoms. The monoisotopic (exact) mass is 257 g/mol. The first-order chi connectivity index (χ1) is 9.11. The second-order valence-electron chi connectivity index (χ2n) is 4.14. The highest BCUT2D eigenvalue weighted by Gasteiger charge is 2.10. The molecule has 2 aromatic heterocycles. The zero-order valence-corrected chi connectivity index (χ0v) is 11.0. The third-order valence-corrected chi connectivity index (χ3v) is 2.62. The zero-order chi connectivity index (χ0) is 13.8. The molecule has 2 rings (SSSR count). The number of rotatable bonds is 4. The van der Waals surface area contributed by atoms with Gasteiger partial charge < -0.3 is 9.15 Å². The van der Waals surface area contributed by atoms with Crippen molar-refractivity contribution in [3.8, 4) is 17.0 Å². The molecule has 0 unspecified atom stereocenters. The van der Waals surface area contributed by atoms with Crippen LogP contribution in [-0.4, -0.2) is 11.6 Å². The molecule has 19 heavy (non-hydrogen) atoms. The number of ether oxygens (including phenoxy) is 1. The Bertz CT molecular complexity index is 641. The van der Waals surface area contributed by atoms with Crippen LogP contribution in [-0.2, 0) is 0 Å². The first kappa shape index (κ1) is 13.1. The molecule has 2 aromatic rings. The first-order valence-corrected chi connectivity index (χ1v) is 5.93. The van der Waals surface area contributed by atoms with E-state index in [0.29, 0.717) is 29.6 Å². The number of aryl methyl sites for hydroxylation is 2. The summed E-state index contributed by atoms with van der Waals surface area (Å²) >= 11 is 0. The number of nitrogens with zero attached hydrogens (tertiary/aromatic N) is 1. The Labute approximate surface area is 111 Å². The second kappa shape index (κ2) is 5.52. The van der Waals surface area contributed by atoms with Gasteiger partial charge in [-0.15, -0.1) is 0 Å². The fourth-order valence-electron chi connectivity index (χ4n) is 1.86. The third-order valence-electron chi connectivity index (χ3n) is 2.62. The molecular formula is C15H15NO3. The molecule has 0 radical (unpaired) electrons. The van der Waals surface area contributed by atoms with Gasteiger partial charge >= 0.3 is 0 Å². The maximum atomic E-state index is 12.0. The van der Waals surface area contributed by atoms with Crippen LogP contribution < -0.4 is 10.2 Å². The van der Waals surface area contributed by atoms with Gasteiger partial charge in [-0.2, -0.15) is 0 Å². The van der Waals surface area contributed by atoms with Crippen molar-refractivity contribution in [1.82, 2.24) is 4.98 Å². The van der Waals surface area contributed by atoms with Crippen molar-refractivity contribution in [2.75, 3.05) is 6.61 Å². The average Bonchev–Trinajstić information content (AvgIpc) is 2.36. The molecular weight excluding hydrogens is 242 g/mol. The highest BCUT2D eigenvalue weighted by atomic mass is 16.5. The number of aromatic nitrogens is 1. The Kier molecular flexibility index (Phi) is 3.80. The molecule has 0 aliphatic heterocycles. The van der Waals surface area contributed by atoms with Gasteiger partial charge in [0, 0.05) is 23.9 Å². The lowest BCUT2D eigenvalue weighted by Gasteiger charge is -2.06. The van der Waals surface area contributed by atoms with Crippen LogP contribution in [0, 0.1) is 13.8 Å². The quantitative estimate of drug-likeness (QED) is 0.790. The predicted molar refractivity (Wildman–Crippen MR) is 73.4 cm³/mol. The molecule has 0 aromatic carbocycles. The molecule has 98 valence electrons. The topological polar surface area (TPSA) is 52.3 Å². The normalized spacial score (nSPS) is 10.2. The zero-order valence-electron chi connectivity index (χ0n) is 11.0. The van der Waals surface area contributed by atoms with E-state index in [1.54, 1.807) is 38.3 Å². The summed E-state index contributed by atoms with van der Waals surface area (Å²) in [5.41, 5.74) is 1.19. The predicted octanol–water partition coefficient (Wildman–Crippen LogP) is 2.88. The third kappa shape index (κ3) is 2.91. The molecule has 0 amide bonds. The number of pyridine rings is 1. The van der Waals surface area contributed by atoms with E-state index in [1.165, 1.54) is 6.07 Å². The van der Waals surface area contributed by atoms with E-state index in [0.717, 1.165) is 5.56 Å². The molecule has 0 spiro atoms. The molecule has 0 saturated heterocycles. The van der Waals surface area contributed by atoms with Crippen LogP contribution in [0.5, 0.6) is 5.88 Å². The minimum atomic E-state index is -0.0668. The Morgan fingerprint density at radius 2 is 2.21 bits per heavy atom. The van der Waals surface area contributed by atoms with E-state index in [4.69, 9.17) is 9.15 Å². The van der Waals surface area contributed by atoms with E-state index >= 15 is 0 Å². The first-order valence-electron chi connectivity index (χ1n) is 5.93. The SMILES string of the molecule is C=CCOc1ccc(-c2c(C)oc(C)cc2=O)cn1. The summed E-state index contributed by atoms with van der Waals surface area (Å²) in [5, 5.41) is 0. The molecule has 0 bridgehead atoms. The lowest BCUT2D eigenvalue weighted by Crippen LogP contribution is -2.06. The number of hydrogen-bond donors (Lipinski definition) is 0. The standard InChI is InChI=1S/C15H15NO3/c1-4-7-18-14-6-5-12(9-16-14)15-11(3)19-10(2)8-13(15)17/h4-6,8-9H,1,7H2,2-3H3. The molecule has 0 saturated carbocycles. The van der Waals surface area contributed by atoms with E-state index in [9.17, 15) is 4.79 Å². The maximum absolute atomic E-state index is 12.0. The van der Waals surface area contributed by atoms with Crippen molar-refractivity contribution in [1.29, 1.82) is 0 Å².